The highest BCUT2D eigenvalue weighted by Gasteiger charge is 2.33. The van der Waals surface area contributed by atoms with Gasteiger partial charge in [-0.05, 0) is 101 Å². The smallest absolute Gasteiger partial charge is 0.418 e. The second-order valence-electron chi connectivity index (χ2n) is 10.4. The number of nitrogens with zero attached hydrogens (tertiary/aromatic N) is 2. The van der Waals surface area contributed by atoms with E-state index in [-0.39, 0.29) is 17.8 Å². The number of alkyl halides is 3. The van der Waals surface area contributed by atoms with Gasteiger partial charge in [-0.2, -0.15) is 13.2 Å². The minimum Gasteiger partial charge on any atom is -0.490 e. The maximum absolute atomic E-state index is 13.2. The third kappa shape index (κ3) is 9.40. The van der Waals surface area contributed by atoms with Crippen molar-refractivity contribution in [3.63, 3.8) is 0 Å². The number of pyridine rings is 1. The van der Waals surface area contributed by atoms with Gasteiger partial charge in [0.15, 0.2) is 0 Å². The predicted molar refractivity (Wildman–Crippen MR) is 145 cm³/mol. The van der Waals surface area contributed by atoms with Gasteiger partial charge in [0.2, 0.25) is 0 Å². The quantitative estimate of drug-likeness (QED) is 0.274. The largest absolute Gasteiger partial charge is 0.490 e. The topological polar surface area (TPSA) is 63.4 Å². The Bertz CT molecular complexity index is 960. The molecule has 0 bridgehead atoms. The molecular formula is C29H43F3N4O. The predicted octanol–water partition coefficient (Wildman–Crippen LogP) is 7.18. The van der Waals surface area contributed by atoms with Crippen LogP contribution in [0.2, 0.25) is 0 Å². The molecule has 2 aromatic rings. The van der Waals surface area contributed by atoms with Gasteiger partial charge in [0.25, 0.3) is 0 Å². The first-order chi connectivity index (χ1) is 17.7. The van der Waals surface area contributed by atoms with Crippen LogP contribution in [-0.4, -0.2) is 41.7 Å². The fraction of sp³-hybridized carbons (Fsp3) is 0.621. The summed E-state index contributed by atoms with van der Waals surface area (Å²) in [7, 11) is 0. The van der Waals surface area contributed by atoms with E-state index in [1.54, 1.807) is 6.07 Å². The molecule has 8 heteroatoms. The normalized spacial score (nSPS) is 19.1. The van der Waals surface area contributed by atoms with E-state index in [2.05, 4.69) is 42.0 Å². The van der Waals surface area contributed by atoms with Crippen LogP contribution in [-0.2, 0) is 12.6 Å². The van der Waals surface area contributed by atoms with Crippen molar-refractivity contribution in [3.8, 4) is 5.75 Å². The number of hydrogen-bond acceptors (Lipinski definition) is 5. The maximum Gasteiger partial charge on any atom is 0.418 e. The molecule has 0 amide bonds. The van der Waals surface area contributed by atoms with Crippen LogP contribution in [0.25, 0.3) is 0 Å². The molecule has 1 fully saturated rings. The molecule has 0 saturated heterocycles. The highest BCUT2D eigenvalue weighted by atomic mass is 19.4. The zero-order valence-corrected chi connectivity index (χ0v) is 22.5. The molecule has 1 aliphatic carbocycles. The number of hydrogen-bond donors (Lipinski definition) is 2. The van der Waals surface area contributed by atoms with Crippen LogP contribution in [0.3, 0.4) is 0 Å². The van der Waals surface area contributed by atoms with Crippen LogP contribution in [0.15, 0.2) is 36.5 Å². The summed E-state index contributed by atoms with van der Waals surface area (Å²) in [4.78, 5) is 7.06. The Kier molecular flexibility index (Phi) is 10.9. The zero-order valence-electron chi connectivity index (χ0n) is 22.5. The fourth-order valence-electron chi connectivity index (χ4n) is 5.00. The highest BCUT2D eigenvalue weighted by Crippen LogP contribution is 2.36. The van der Waals surface area contributed by atoms with Gasteiger partial charge in [-0.3, -0.25) is 4.98 Å². The fourth-order valence-corrected chi connectivity index (χ4v) is 5.00. The van der Waals surface area contributed by atoms with E-state index < -0.39 is 11.7 Å². The molecule has 1 unspecified atom stereocenters. The minimum absolute atomic E-state index is 0.1000. The van der Waals surface area contributed by atoms with Gasteiger partial charge < -0.3 is 20.7 Å². The van der Waals surface area contributed by atoms with Crippen molar-refractivity contribution in [1.29, 1.82) is 0 Å². The third-order valence-corrected chi connectivity index (χ3v) is 7.31. The lowest BCUT2D eigenvalue weighted by molar-refractivity contribution is -0.136. The highest BCUT2D eigenvalue weighted by molar-refractivity contribution is 5.58. The average molecular weight is 521 g/mol. The number of aryl methyl sites for hydroxylation is 1. The van der Waals surface area contributed by atoms with E-state index in [1.807, 2.05) is 12.3 Å². The minimum atomic E-state index is -4.46. The summed E-state index contributed by atoms with van der Waals surface area (Å²) in [6.07, 6.45) is 5.27. The van der Waals surface area contributed by atoms with Crippen molar-refractivity contribution < 1.29 is 17.9 Å². The third-order valence-electron chi connectivity index (χ3n) is 7.31. The molecule has 1 aliphatic rings. The molecule has 206 valence electrons. The molecule has 1 aromatic carbocycles. The van der Waals surface area contributed by atoms with Crippen LogP contribution >= 0.6 is 0 Å². The number of ether oxygens (including phenoxy) is 1. The molecule has 1 saturated carbocycles. The molecule has 3 rings (SSSR count). The number of aromatic nitrogens is 1. The van der Waals surface area contributed by atoms with Crippen LogP contribution in [0.1, 0.15) is 77.0 Å². The lowest BCUT2D eigenvalue weighted by Crippen LogP contribution is -2.31. The van der Waals surface area contributed by atoms with Gasteiger partial charge in [0.05, 0.1) is 11.7 Å². The lowest BCUT2D eigenvalue weighted by atomic mass is 9.92. The maximum atomic E-state index is 13.2. The van der Waals surface area contributed by atoms with Crippen molar-refractivity contribution in [2.75, 3.05) is 30.7 Å². The van der Waals surface area contributed by atoms with Crippen LogP contribution in [0, 0.1) is 5.92 Å². The summed E-state index contributed by atoms with van der Waals surface area (Å²) >= 11 is 0. The monoisotopic (exact) mass is 520 g/mol. The molecule has 0 radical (unpaired) electrons. The van der Waals surface area contributed by atoms with E-state index in [0.717, 1.165) is 69.1 Å². The first kappa shape index (κ1) is 29.1. The Morgan fingerprint density at radius 1 is 1.08 bits per heavy atom. The molecule has 3 N–H and O–H groups in total. The number of benzene rings is 1. The van der Waals surface area contributed by atoms with Crippen molar-refractivity contribution in [3.05, 3.63) is 47.8 Å². The van der Waals surface area contributed by atoms with Crippen molar-refractivity contribution in [2.45, 2.75) is 90.5 Å². The summed E-state index contributed by atoms with van der Waals surface area (Å²) in [5.74, 6) is 1.50. The first-order valence-electron chi connectivity index (χ1n) is 13.7. The average Bonchev–Trinajstić information content (AvgIpc) is 2.87. The van der Waals surface area contributed by atoms with Gasteiger partial charge in [0, 0.05) is 35.4 Å². The molecule has 0 aliphatic heterocycles. The molecule has 1 atom stereocenters. The van der Waals surface area contributed by atoms with Crippen LogP contribution in [0.5, 0.6) is 5.75 Å². The number of nitrogen functional groups attached to an aromatic ring is 1. The second kappa shape index (κ2) is 13.9. The Labute approximate surface area is 220 Å². The summed E-state index contributed by atoms with van der Waals surface area (Å²) in [6, 6.07) is 8.10. The van der Waals surface area contributed by atoms with Gasteiger partial charge >= 0.3 is 6.18 Å². The van der Waals surface area contributed by atoms with Gasteiger partial charge in [-0.25, -0.2) is 0 Å². The summed E-state index contributed by atoms with van der Waals surface area (Å²) in [5, 5.41) is 3.25. The Morgan fingerprint density at radius 3 is 2.51 bits per heavy atom. The van der Waals surface area contributed by atoms with Crippen molar-refractivity contribution in [2.24, 2.45) is 5.92 Å². The van der Waals surface area contributed by atoms with Crippen LogP contribution in [0.4, 0.5) is 24.5 Å². The Balaban J connectivity index is 1.43. The SMILES string of the molecule is CCCN(CC)CCC(C)CCc1cc(O[C@H]2CC[C@H](Nc3ccc(N)c(C(F)(F)F)c3)CC2)ccn1. The zero-order chi connectivity index (χ0) is 26.8. The van der Waals surface area contributed by atoms with Gasteiger partial charge in [0.1, 0.15) is 5.75 Å². The number of halogens is 3. The molecule has 1 aromatic heterocycles. The van der Waals surface area contributed by atoms with E-state index in [0.29, 0.717) is 11.6 Å². The molecular weight excluding hydrogens is 477 g/mol. The summed E-state index contributed by atoms with van der Waals surface area (Å²) in [5.41, 5.74) is 5.98. The Morgan fingerprint density at radius 2 is 1.84 bits per heavy atom. The second-order valence-corrected chi connectivity index (χ2v) is 10.4. The summed E-state index contributed by atoms with van der Waals surface area (Å²) < 4.78 is 45.7. The molecule has 0 spiro atoms. The van der Waals surface area contributed by atoms with Crippen molar-refractivity contribution >= 4 is 11.4 Å². The van der Waals surface area contributed by atoms with E-state index >= 15 is 0 Å². The number of nitrogens with two attached hydrogens (primary N) is 1. The standard InChI is InChI=1S/C29H43F3N4O/c1-4-17-36(5-2)18-15-21(3)6-7-23-19-26(14-16-34-23)37-25-11-8-22(9-12-25)35-24-10-13-28(33)27(20-24)29(30,31)32/h10,13-14,16,19-22,25,35H,4-9,11-12,15,17-18,33H2,1-3H3/t21?,22-,25-. The van der Waals surface area contributed by atoms with E-state index in [1.165, 1.54) is 25.5 Å². The van der Waals surface area contributed by atoms with E-state index in [9.17, 15) is 13.2 Å². The number of anilines is 2. The first-order valence-corrected chi connectivity index (χ1v) is 13.7. The molecule has 1 heterocycles. The van der Waals surface area contributed by atoms with Gasteiger partial charge in [-0.15, -0.1) is 0 Å². The number of rotatable bonds is 13. The van der Waals surface area contributed by atoms with E-state index in [4.69, 9.17) is 10.5 Å². The lowest BCUT2D eigenvalue weighted by Gasteiger charge is -2.30. The molecule has 37 heavy (non-hydrogen) atoms. The summed E-state index contributed by atoms with van der Waals surface area (Å²) in [6.45, 7) is 10.2. The van der Waals surface area contributed by atoms with Gasteiger partial charge in [-0.1, -0.05) is 20.8 Å². The molecule has 5 nitrogen and oxygen atoms in total. The van der Waals surface area contributed by atoms with Crippen molar-refractivity contribution in [1.82, 2.24) is 9.88 Å². The van der Waals surface area contributed by atoms with Crippen LogP contribution < -0.4 is 15.8 Å². The number of nitrogens with one attached hydrogen (secondary N) is 1. The Hall–Kier alpha value is -2.48.